The van der Waals surface area contributed by atoms with Gasteiger partial charge < -0.3 is 5.32 Å². The molecule has 0 fully saturated rings. The molecule has 7 heteroatoms. The Balaban J connectivity index is 1.56. The first-order chi connectivity index (χ1) is 14.1. The van der Waals surface area contributed by atoms with Gasteiger partial charge in [-0.05, 0) is 36.1 Å². The van der Waals surface area contributed by atoms with E-state index in [-0.39, 0.29) is 24.0 Å². The largest absolute Gasteiger partial charge is 0.346 e. The molecule has 1 atom stereocenters. The van der Waals surface area contributed by atoms with Gasteiger partial charge in [-0.25, -0.2) is 13.9 Å². The highest BCUT2D eigenvalue weighted by Gasteiger charge is 2.20. The van der Waals surface area contributed by atoms with E-state index in [1.165, 1.54) is 16.8 Å². The van der Waals surface area contributed by atoms with Gasteiger partial charge in [0.05, 0.1) is 6.04 Å². The van der Waals surface area contributed by atoms with E-state index in [0.717, 1.165) is 42.6 Å². The molecule has 0 radical (unpaired) electrons. The van der Waals surface area contributed by atoms with Gasteiger partial charge in [-0.3, -0.25) is 9.36 Å². The predicted octanol–water partition coefficient (Wildman–Crippen LogP) is 2.82. The molecule has 6 nitrogen and oxygen atoms in total. The molecule has 2 heterocycles. The minimum absolute atomic E-state index is 0.149. The molecule has 0 aliphatic carbocycles. The Morgan fingerprint density at radius 2 is 1.76 bits per heavy atom. The number of halogens is 1. The van der Waals surface area contributed by atoms with Crippen molar-refractivity contribution in [2.24, 2.45) is 0 Å². The van der Waals surface area contributed by atoms with Gasteiger partial charge in [0.25, 0.3) is 0 Å². The molecule has 0 spiro atoms. The molecule has 3 aromatic rings. The van der Waals surface area contributed by atoms with E-state index in [1.807, 2.05) is 30.3 Å². The fourth-order valence-corrected chi connectivity index (χ4v) is 3.73. The number of amides is 1. The maximum Gasteiger partial charge on any atom is 0.346 e. The lowest BCUT2D eigenvalue weighted by Gasteiger charge is -2.20. The van der Waals surface area contributed by atoms with Crippen molar-refractivity contribution in [3.8, 4) is 0 Å². The average Bonchev–Trinajstić information content (AvgIpc) is 2.89. The maximum absolute atomic E-state index is 13.4. The van der Waals surface area contributed by atoms with E-state index >= 15 is 0 Å². The number of nitrogens with zero attached hydrogens (tertiary/aromatic N) is 3. The van der Waals surface area contributed by atoms with Crippen LogP contribution in [0, 0.1) is 5.82 Å². The summed E-state index contributed by atoms with van der Waals surface area (Å²) in [6.45, 7) is 0.501. The first-order valence-electron chi connectivity index (χ1n) is 9.88. The Morgan fingerprint density at radius 1 is 1.03 bits per heavy atom. The van der Waals surface area contributed by atoms with Gasteiger partial charge in [0.1, 0.15) is 18.2 Å². The molecule has 2 aromatic carbocycles. The van der Waals surface area contributed by atoms with Gasteiger partial charge in [0.15, 0.2) is 0 Å². The third kappa shape index (κ3) is 4.29. The van der Waals surface area contributed by atoms with Crippen LogP contribution in [0.15, 0.2) is 59.4 Å². The van der Waals surface area contributed by atoms with Crippen molar-refractivity contribution < 1.29 is 9.18 Å². The Bertz CT molecular complexity index is 1040. The number of aromatic nitrogens is 3. The van der Waals surface area contributed by atoms with Gasteiger partial charge >= 0.3 is 5.69 Å². The molecule has 4 rings (SSSR count). The summed E-state index contributed by atoms with van der Waals surface area (Å²) >= 11 is 0. The Labute approximate surface area is 168 Å². The van der Waals surface area contributed by atoms with Gasteiger partial charge in [-0.2, -0.15) is 5.10 Å². The van der Waals surface area contributed by atoms with E-state index in [4.69, 9.17) is 0 Å². The third-order valence-corrected chi connectivity index (χ3v) is 5.22. The summed E-state index contributed by atoms with van der Waals surface area (Å²) in [6.07, 6.45) is 3.79. The van der Waals surface area contributed by atoms with Crippen molar-refractivity contribution >= 4 is 5.91 Å². The maximum atomic E-state index is 13.4. The van der Waals surface area contributed by atoms with Crippen LogP contribution in [0.1, 0.15) is 42.3 Å². The molecule has 1 N–H and O–H groups in total. The van der Waals surface area contributed by atoms with Crippen LogP contribution in [0.4, 0.5) is 4.39 Å². The SMILES string of the molecule is O=C(Cn1nc2n(c1=O)CCCCC2)NC(c1ccccc1)c1ccc(F)cc1. The van der Waals surface area contributed by atoms with Crippen molar-refractivity contribution in [1.29, 1.82) is 0 Å². The van der Waals surface area contributed by atoms with E-state index in [1.54, 1.807) is 16.7 Å². The van der Waals surface area contributed by atoms with Gasteiger partial charge in [0.2, 0.25) is 5.91 Å². The second kappa shape index (κ2) is 8.43. The summed E-state index contributed by atoms with van der Waals surface area (Å²) in [7, 11) is 0. The zero-order valence-electron chi connectivity index (χ0n) is 16.1. The Kier molecular flexibility index (Phi) is 5.55. The van der Waals surface area contributed by atoms with Crippen LogP contribution in [0.25, 0.3) is 0 Å². The Hall–Kier alpha value is -3.22. The highest BCUT2D eigenvalue weighted by atomic mass is 19.1. The molecular formula is C22H23FN4O2. The number of nitrogens with one attached hydrogen (secondary N) is 1. The average molecular weight is 394 g/mol. The van der Waals surface area contributed by atoms with Crippen molar-refractivity contribution in [3.63, 3.8) is 0 Å². The minimum atomic E-state index is -0.444. The number of hydrogen-bond donors (Lipinski definition) is 1. The second-order valence-corrected chi connectivity index (χ2v) is 7.28. The number of carbonyl (C=O) groups is 1. The fraction of sp³-hybridized carbons (Fsp3) is 0.318. The summed E-state index contributed by atoms with van der Waals surface area (Å²) < 4.78 is 16.3. The van der Waals surface area contributed by atoms with E-state index in [2.05, 4.69) is 10.4 Å². The fourth-order valence-electron chi connectivity index (χ4n) is 3.73. The number of hydrogen-bond acceptors (Lipinski definition) is 3. The van der Waals surface area contributed by atoms with Crippen LogP contribution in [0.3, 0.4) is 0 Å². The highest BCUT2D eigenvalue weighted by Crippen LogP contribution is 2.22. The monoisotopic (exact) mass is 394 g/mol. The molecular weight excluding hydrogens is 371 g/mol. The summed E-state index contributed by atoms with van der Waals surface area (Å²) in [5.41, 5.74) is 1.40. The molecule has 29 heavy (non-hydrogen) atoms. The van der Waals surface area contributed by atoms with Crippen LogP contribution in [-0.4, -0.2) is 20.3 Å². The number of aryl methyl sites for hydroxylation is 1. The number of benzene rings is 2. The van der Waals surface area contributed by atoms with Crippen LogP contribution < -0.4 is 11.0 Å². The van der Waals surface area contributed by atoms with E-state index < -0.39 is 6.04 Å². The molecule has 0 saturated heterocycles. The molecule has 0 saturated carbocycles. The highest BCUT2D eigenvalue weighted by molar-refractivity contribution is 5.76. The number of carbonyl (C=O) groups excluding carboxylic acids is 1. The summed E-state index contributed by atoms with van der Waals surface area (Å²) in [4.78, 5) is 25.4. The van der Waals surface area contributed by atoms with Crippen molar-refractivity contribution in [2.45, 2.75) is 44.8 Å². The van der Waals surface area contributed by atoms with Gasteiger partial charge in [-0.15, -0.1) is 0 Å². The summed E-state index contributed by atoms with van der Waals surface area (Å²) in [5.74, 6) is 0.0925. The van der Waals surface area contributed by atoms with Crippen molar-refractivity contribution in [3.05, 3.63) is 87.9 Å². The van der Waals surface area contributed by atoms with Crippen LogP contribution in [-0.2, 0) is 24.3 Å². The lowest BCUT2D eigenvalue weighted by Crippen LogP contribution is -2.36. The molecule has 0 bridgehead atoms. The molecule has 1 aromatic heterocycles. The van der Waals surface area contributed by atoms with Crippen molar-refractivity contribution in [2.75, 3.05) is 0 Å². The zero-order valence-corrected chi connectivity index (χ0v) is 16.1. The minimum Gasteiger partial charge on any atom is -0.344 e. The topological polar surface area (TPSA) is 68.9 Å². The standard InChI is InChI=1S/C22H23FN4O2/c23-18-12-10-17(11-13-18)21(16-7-3-1-4-8-16)24-20(28)15-27-22(29)26-14-6-2-5-9-19(26)25-27/h1,3-4,7-8,10-13,21H,2,5-6,9,14-15H2,(H,24,28). The van der Waals surface area contributed by atoms with E-state index in [9.17, 15) is 14.0 Å². The zero-order chi connectivity index (χ0) is 20.2. The van der Waals surface area contributed by atoms with Crippen LogP contribution in [0.5, 0.6) is 0 Å². The smallest absolute Gasteiger partial charge is 0.344 e. The predicted molar refractivity (Wildman–Crippen MR) is 107 cm³/mol. The summed E-state index contributed by atoms with van der Waals surface area (Å²) in [6, 6.07) is 15.1. The number of rotatable bonds is 5. The number of fused-ring (bicyclic) bond motifs is 1. The van der Waals surface area contributed by atoms with Gasteiger partial charge in [0, 0.05) is 13.0 Å². The molecule has 1 aliphatic rings. The third-order valence-electron chi connectivity index (χ3n) is 5.22. The second-order valence-electron chi connectivity index (χ2n) is 7.28. The van der Waals surface area contributed by atoms with Crippen molar-refractivity contribution in [1.82, 2.24) is 19.7 Å². The molecule has 1 amide bonds. The molecule has 150 valence electrons. The van der Waals surface area contributed by atoms with Crippen LogP contribution in [0.2, 0.25) is 0 Å². The Morgan fingerprint density at radius 3 is 2.52 bits per heavy atom. The first kappa shape index (κ1) is 19.1. The van der Waals surface area contributed by atoms with E-state index in [0.29, 0.717) is 6.54 Å². The summed E-state index contributed by atoms with van der Waals surface area (Å²) in [5, 5.41) is 7.34. The first-order valence-corrected chi connectivity index (χ1v) is 9.88. The lowest BCUT2D eigenvalue weighted by molar-refractivity contribution is -0.122. The molecule has 1 unspecified atom stereocenters. The molecule has 1 aliphatic heterocycles. The quantitative estimate of drug-likeness (QED) is 0.724. The lowest BCUT2D eigenvalue weighted by atomic mass is 9.98. The normalized spacial score (nSPS) is 14.7. The van der Waals surface area contributed by atoms with Crippen LogP contribution >= 0.6 is 0 Å². The van der Waals surface area contributed by atoms with Gasteiger partial charge in [-0.1, -0.05) is 48.9 Å².